The van der Waals surface area contributed by atoms with Crippen LogP contribution in [0, 0.1) is 6.92 Å². The van der Waals surface area contributed by atoms with Gasteiger partial charge in [-0.1, -0.05) is 17.7 Å². The SMILES string of the molecule is Cc1ccc(S(=O)(=O)NC(C)C(=O)Nc2ccc(S(N)(=O)=O)cc2)cc1. The second kappa shape index (κ2) is 7.54. The summed E-state index contributed by atoms with van der Waals surface area (Å²) in [5.41, 5.74) is 1.22. The predicted molar refractivity (Wildman–Crippen MR) is 97.4 cm³/mol. The van der Waals surface area contributed by atoms with E-state index in [0.717, 1.165) is 5.56 Å². The van der Waals surface area contributed by atoms with E-state index in [9.17, 15) is 21.6 Å². The number of nitrogens with one attached hydrogen (secondary N) is 2. The number of carbonyl (C=O) groups is 1. The Kier molecular flexibility index (Phi) is 5.81. The van der Waals surface area contributed by atoms with Crippen molar-refractivity contribution in [3.63, 3.8) is 0 Å². The molecule has 0 saturated carbocycles. The number of anilines is 1. The molecule has 2 aromatic carbocycles. The van der Waals surface area contributed by atoms with Crippen LogP contribution in [0.1, 0.15) is 12.5 Å². The molecule has 26 heavy (non-hydrogen) atoms. The quantitative estimate of drug-likeness (QED) is 0.667. The normalized spacial score (nSPS) is 13.2. The summed E-state index contributed by atoms with van der Waals surface area (Å²) in [5.74, 6) is -0.593. The fourth-order valence-electron chi connectivity index (χ4n) is 2.05. The van der Waals surface area contributed by atoms with Gasteiger partial charge in [0, 0.05) is 5.69 Å². The molecule has 0 heterocycles. The molecule has 0 radical (unpaired) electrons. The van der Waals surface area contributed by atoms with Crippen LogP contribution in [0.4, 0.5) is 5.69 Å². The van der Waals surface area contributed by atoms with Gasteiger partial charge in [0.25, 0.3) is 0 Å². The number of sulfonamides is 2. The van der Waals surface area contributed by atoms with Crippen LogP contribution in [0.2, 0.25) is 0 Å². The Bertz CT molecular complexity index is 999. The molecule has 0 aliphatic rings. The number of carbonyl (C=O) groups excluding carboxylic acids is 1. The number of primary sulfonamides is 1. The zero-order valence-electron chi connectivity index (χ0n) is 14.1. The van der Waals surface area contributed by atoms with Crippen molar-refractivity contribution in [3.05, 3.63) is 54.1 Å². The van der Waals surface area contributed by atoms with Gasteiger partial charge in [-0.3, -0.25) is 4.79 Å². The third kappa shape index (κ3) is 5.11. The van der Waals surface area contributed by atoms with E-state index in [1.54, 1.807) is 12.1 Å². The summed E-state index contributed by atoms with van der Waals surface area (Å²) in [6.45, 7) is 3.24. The van der Waals surface area contributed by atoms with Crippen LogP contribution >= 0.6 is 0 Å². The van der Waals surface area contributed by atoms with E-state index in [2.05, 4.69) is 10.0 Å². The number of hydrogen-bond donors (Lipinski definition) is 3. The van der Waals surface area contributed by atoms with E-state index in [1.807, 2.05) is 6.92 Å². The molecule has 1 atom stereocenters. The summed E-state index contributed by atoms with van der Waals surface area (Å²) < 4.78 is 49.3. The molecular weight excluding hydrogens is 378 g/mol. The summed E-state index contributed by atoms with van der Waals surface area (Å²) in [7, 11) is -7.67. The van der Waals surface area contributed by atoms with Gasteiger partial charge < -0.3 is 5.32 Å². The molecule has 2 rings (SSSR count). The van der Waals surface area contributed by atoms with Crippen molar-refractivity contribution < 1.29 is 21.6 Å². The van der Waals surface area contributed by atoms with Gasteiger partial charge in [-0.05, 0) is 50.2 Å². The lowest BCUT2D eigenvalue weighted by atomic mass is 10.2. The molecule has 0 aliphatic carbocycles. The van der Waals surface area contributed by atoms with E-state index < -0.39 is 32.0 Å². The molecule has 2 aromatic rings. The van der Waals surface area contributed by atoms with Gasteiger partial charge in [-0.15, -0.1) is 0 Å². The van der Waals surface area contributed by atoms with Crippen LogP contribution in [0.15, 0.2) is 58.3 Å². The molecule has 140 valence electrons. The predicted octanol–water partition coefficient (Wildman–Crippen LogP) is 0.948. The van der Waals surface area contributed by atoms with Gasteiger partial charge in [0.1, 0.15) is 0 Å². The average Bonchev–Trinajstić information content (AvgIpc) is 2.54. The lowest BCUT2D eigenvalue weighted by molar-refractivity contribution is -0.117. The Labute approximate surface area is 152 Å². The summed E-state index contributed by atoms with van der Waals surface area (Å²) in [4.78, 5) is 12.1. The van der Waals surface area contributed by atoms with E-state index in [1.165, 1.54) is 43.3 Å². The van der Waals surface area contributed by atoms with Gasteiger partial charge in [0.15, 0.2) is 0 Å². The lowest BCUT2D eigenvalue weighted by Gasteiger charge is -2.15. The first-order valence-electron chi connectivity index (χ1n) is 7.52. The molecule has 0 aromatic heterocycles. The van der Waals surface area contributed by atoms with Crippen LogP contribution in [0.3, 0.4) is 0 Å². The van der Waals surface area contributed by atoms with Crippen LogP contribution in [-0.4, -0.2) is 28.8 Å². The highest BCUT2D eigenvalue weighted by molar-refractivity contribution is 7.89. The minimum Gasteiger partial charge on any atom is -0.325 e. The Morgan fingerprint density at radius 2 is 1.42 bits per heavy atom. The molecular formula is C16H19N3O5S2. The Hall–Kier alpha value is -2.27. The summed E-state index contributed by atoms with van der Waals surface area (Å²) in [6, 6.07) is 10.4. The minimum atomic E-state index is -3.85. The summed E-state index contributed by atoms with van der Waals surface area (Å²) >= 11 is 0. The van der Waals surface area contributed by atoms with Crippen LogP contribution in [-0.2, 0) is 24.8 Å². The average molecular weight is 397 g/mol. The number of amides is 1. The minimum absolute atomic E-state index is 0.0558. The van der Waals surface area contributed by atoms with Crippen LogP contribution in [0.25, 0.3) is 0 Å². The highest BCUT2D eigenvalue weighted by Crippen LogP contribution is 2.14. The van der Waals surface area contributed by atoms with E-state index in [0.29, 0.717) is 5.69 Å². The van der Waals surface area contributed by atoms with Gasteiger partial charge >= 0.3 is 0 Å². The molecule has 10 heteroatoms. The Morgan fingerprint density at radius 3 is 1.92 bits per heavy atom. The first-order chi connectivity index (χ1) is 12.0. The van der Waals surface area contributed by atoms with Gasteiger partial charge in [-0.25, -0.2) is 22.0 Å². The smallest absolute Gasteiger partial charge is 0.242 e. The Balaban J connectivity index is 2.06. The summed E-state index contributed by atoms with van der Waals surface area (Å²) in [6.07, 6.45) is 0. The van der Waals surface area contributed by atoms with Crippen molar-refractivity contribution in [1.82, 2.24) is 4.72 Å². The third-order valence-corrected chi connectivity index (χ3v) is 5.99. The number of hydrogen-bond acceptors (Lipinski definition) is 5. The molecule has 0 aliphatic heterocycles. The topological polar surface area (TPSA) is 135 Å². The van der Waals surface area contributed by atoms with Gasteiger partial charge in [0.05, 0.1) is 15.8 Å². The van der Waals surface area contributed by atoms with Crippen molar-refractivity contribution in [1.29, 1.82) is 0 Å². The molecule has 0 spiro atoms. The van der Waals surface area contributed by atoms with E-state index in [4.69, 9.17) is 5.14 Å². The molecule has 0 fully saturated rings. The van der Waals surface area contributed by atoms with Gasteiger partial charge in [0.2, 0.25) is 26.0 Å². The highest BCUT2D eigenvalue weighted by atomic mass is 32.2. The third-order valence-electron chi connectivity index (χ3n) is 3.51. The summed E-state index contributed by atoms with van der Waals surface area (Å²) in [5, 5.41) is 7.50. The maximum Gasteiger partial charge on any atom is 0.242 e. The van der Waals surface area contributed by atoms with Crippen LogP contribution < -0.4 is 15.2 Å². The first kappa shape index (κ1) is 20.0. The largest absolute Gasteiger partial charge is 0.325 e. The van der Waals surface area contributed by atoms with Crippen molar-refractivity contribution in [2.24, 2.45) is 5.14 Å². The monoisotopic (exact) mass is 397 g/mol. The fourth-order valence-corrected chi connectivity index (χ4v) is 3.77. The molecule has 1 unspecified atom stereocenters. The number of aryl methyl sites for hydroxylation is 1. The standard InChI is InChI=1S/C16H19N3O5S2/c1-11-3-7-15(8-4-11)26(23,24)19-12(2)16(20)18-13-5-9-14(10-6-13)25(17,21)22/h3-10,12,19H,1-2H3,(H,18,20)(H2,17,21,22). The van der Waals surface area contributed by atoms with Crippen molar-refractivity contribution in [2.75, 3.05) is 5.32 Å². The molecule has 4 N–H and O–H groups in total. The molecule has 0 bridgehead atoms. The van der Waals surface area contributed by atoms with Crippen molar-refractivity contribution >= 4 is 31.6 Å². The second-order valence-electron chi connectivity index (χ2n) is 5.71. The number of rotatable bonds is 6. The molecule has 1 amide bonds. The maximum absolute atomic E-state index is 12.3. The van der Waals surface area contributed by atoms with Crippen molar-refractivity contribution in [2.45, 2.75) is 29.7 Å². The van der Waals surface area contributed by atoms with Gasteiger partial charge in [-0.2, -0.15) is 4.72 Å². The lowest BCUT2D eigenvalue weighted by Crippen LogP contribution is -2.41. The van der Waals surface area contributed by atoms with Crippen LogP contribution in [0.5, 0.6) is 0 Å². The fraction of sp³-hybridized carbons (Fsp3) is 0.188. The van der Waals surface area contributed by atoms with E-state index in [-0.39, 0.29) is 9.79 Å². The maximum atomic E-state index is 12.3. The Morgan fingerprint density at radius 1 is 0.923 bits per heavy atom. The number of benzene rings is 2. The molecule has 0 saturated heterocycles. The zero-order valence-corrected chi connectivity index (χ0v) is 15.8. The zero-order chi connectivity index (χ0) is 19.5. The van der Waals surface area contributed by atoms with E-state index >= 15 is 0 Å². The second-order valence-corrected chi connectivity index (χ2v) is 8.99. The highest BCUT2D eigenvalue weighted by Gasteiger charge is 2.22. The first-order valence-corrected chi connectivity index (χ1v) is 10.5. The molecule has 8 nitrogen and oxygen atoms in total. The number of nitrogens with two attached hydrogens (primary N) is 1. The van der Waals surface area contributed by atoms with Crippen molar-refractivity contribution in [3.8, 4) is 0 Å².